The summed E-state index contributed by atoms with van der Waals surface area (Å²) >= 11 is -2.20. The maximum atomic E-state index is 11.2. The Hall–Kier alpha value is -1.24. The molecular formula is C13H17N2O3S-. The van der Waals surface area contributed by atoms with Gasteiger partial charge in [-0.1, -0.05) is 6.07 Å². The Labute approximate surface area is 114 Å². The molecule has 2 rings (SSSR count). The van der Waals surface area contributed by atoms with E-state index in [0.29, 0.717) is 5.69 Å². The van der Waals surface area contributed by atoms with Gasteiger partial charge in [0.2, 0.25) is 0 Å². The molecule has 0 aliphatic rings. The van der Waals surface area contributed by atoms with E-state index in [4.69, 9.17) is 4.74 Å². The maximum absolute atomic E-state index is 11.2. The molecule has 0 aliphatic heterocycles. The van der Waals surface area contributed by atoms with E-state index in [-0.39, 0.29) is 6.10 Å². The highest BCUT2D eigenvalue weighted by Gasteiger charge is 2.24. The van der Waals surface area contributed by atoms with Crippen molar-refractivity contribution < 1.29 is 13.5 Å². The summed E-state index contributed by atoms with van der Waals surface area (Å²) in [5, 5.41) is -0.646. The van der Waals surface area contributed by atoms with Crippen LogP contribution in [0.15, 0.2) is 30.6 Å². The minimum Gasteiger partial charge on any atom is -0.772 e. The predicted molar refractivity (Wildman–Crippen MR) is 72.5 cm³/mol. The van der Waals surface area contributed by atoms with Crippen LogP contribution in [0.3, 0.4) is 0 Å². The second-order valence-corrected chi connectivity index (χ2v) is 5.97. The lowest BCUT2D eigenvalue weighted by atomic mass is 10.2. The smallest absolute Gasteiger partial charge is 0.137 e. The van der Waals surface area contributed by atoms with Crippen LogP contribution in [0, 0.1) is 0 Å². The van der Waals surface area contributed by atoms with Gasteiger partial charge in [-0.05, 0) is 44.0 Å². The van der Waals surface area contributed by atoms with Gasteiger partial charge in [0, 0.05) is 12.4 Å². The van der Waals surface area contributed by atoms with Gasteiger partial charge in [0.25, 0.3) is 0 Å². The van der Waals surface area contributed by atoms with E-state index in [9.17, 15) is 8.76 Å². The van der Waals surface area contributed by atoms with Gasteiger partial charge < -0.3 is 13.7 Å². The third-order valence-electron chi connectivity index (χ3n) is 2.82. The first-order chi connectivity index (χ1) is 8.99. The third-order valence-corrected chi connectivity index (χ3v) is 3.68. The van der Waals surface area contributed by atoms with Gasteiger partial charge >= 0.3 is 0 Å². The van der Waals surface area contributed by atoms with Gasteiger partial charge in [-0.2, -0.15) is 0 Å². The molecule has 0 saturated carbocycles. The Kier molecular flexibility index (Phi) is 4.34. The van der Waals surface area contributed by atoms with Crippen molar-refractivity contribution in [1.82, 2.24) is 9.38 Å². The number of pyridine rings is 1. The Morgan fingerprint density at radius 3 is 2.68 bits per heavy atom. The first-order valence-electron chi connectivity index (χ1n) is 6.16. The monoisotopic (exact) mass is 281 g/mol. The van der Waals surface area contributed by atoms with E-state index in [2.05, 4.69) is 4.98 Å². The zero-order valence-electron chi connectivity index (χ0n) is 11.1. The molecule has 1 unspecified atom stereocenters. The molecule has 0 amide bonds. The zero-order valence-corrected chi connectivity index (χ0v) is 12.0. The number of ether oxygens (including phenoxy) is 1. The van der Waals surface area contributed by atoms with Crippen molar-refractivity contribution >= 4 is 16.7 Å². The summed E-state index contributed by atoms with van der Waals surface area (Å²) in [6.07, 6.45) is 3.06. The van der Waals surface area contributed by atoms with E-state index in [0.717, 1.165) is 5.65 Å². The summed E-state index contributed by atoms with van der Waals surface area (Å²) in [6.45, 7) is 5.38. The lowest BCUT2D eigenvalue weighted by Crippen LogP contribution is -2.25. The third kappa shape index (κ3) is 3.20. The van der Waals surface area contributed by atoms with E-state index in [1.807, 2.05) is 48.8 Å². The van der Waals surface area contributed by atoms with Crippen LogP contribution in [0.25, 0.3) is 5.65 Å². The van der Waals surface area contributed by atoms with Crippen molar-refractivity contribution in [2.45, 2.75) is 38.2 Å². The highest BCUT2D eigenvalue weighted by molar-refractivity contribution is 7.79. The molecule has 5 nitrogen and oxygen atoms in total. The molecule has 0 saturated heterocycles. The van der Waals surface area contributed by atoms with Crippen LogP contribution in [-0.4, -0.2) is 29.5 Å². The fourth-order valence-corrected chi connectivity index (χ4v) is 2.31. The molecule has 6 heteroatoms. The summed E-state index contributed by atoms with van der Waals surface area (Å²) in [5.74, 6) is 0. The zero-order chi connectivity index (χ0) is 14.0. The van der Waals surface area contributed by atoms with Crippen LogP contribution < -0.4 is 0 Å². The molecule has 104 valence electrons. The summed E-state index contributed by atoms with van der Waals surface area (Å²) < 4.78 is 30.0. The van der Waals surface area contributed by atoms with E-state index >= 15 is 0 Å². The summed E-state index contributed by atoms with van der Waals surface area (Å²) in [4.78, 5) is 4.43. The molecule has 0 radical (unpaired) electrons. The number of rotatable bonds is 5. The number of nitrogens with zero attached hydrogens (tertiary/aromatic N) is 2. The largest absolute Gasteiger partial charge is 0.772 e. The number of fused-ring (bicyclic) bond motifs is 1. The van der Waals surface area contributed by atoms with Crippen molar-refractivity contribution in [3.8, 4) is 0 Å². The predicted octanol–water partition coefficient (Wildman–Crippen LogP) is 2.07. The van der Waals surface area contributed by atoms with Crippen molar-refractivity contribution in [3.63, 3.8) is 0 Å². The summed E-state index contributed by atoms with van der Waals surface area (Å²) in [7, 11) is 0. The number of imidazole rings is 1. The molecule has 0 fully saturated rings. The second-order valence-electron chi connectivity index (χ2n) is 4.70. The number of hydrogen-bond donors (Lipinski definition) is 0. The van der Waals surface area contributed by atoms with Gasteiger partial charge in [0.1, 0.15) is 11.8 Å². The molecule has 0 N–H and O–H groups in total. The van der Waals surface area contributed by atoms with Gasteiger partial charge in [-0.25, -0.2) is 4.98 Å². The first-order valence-corrected chi connectivity index (χ1v) is 7.30. The van der Waals surface area contributed by atoms with Gasteiger partial charge in [0.05, 0.1) is 17.0 Å². The Balaban J connectivity index is 2.38. The van der Waals surface area contributed by atoms with Crippen molar-refractivity contribution in [1.29, 1.82) is 0 Å². The molecule has 2 heterocycles. The molecule has 0 bridgehead atoms. The lowest BCUT2D eigenvalue weighted by Gasteiger charge is -2.26. The average Bonchev–Trinajstić information content (AvgIpc) is 2.78. The van der Waals surface area contributed by atoms with Crippen molar-refractivity contribution in [2.24, 2.45) is 0 Å². The SMILES string of the molecule is CC(C)O[C@@H](c1cn2ccccc2n1)[C@H](C)S(=O)[O-]. The van der Waals surface area contributed by atoms with Crippen LogP contribution in [-0.2, 0) is 15.8 Å². The molecule has 2 aromatic rings. The molecule has 0 aromatic carbocycles. The fourth-order valence-electron chi connectivity index (χ4n) is 1.91. The summed E-state index contributed by atoms with van der Waals surface area (Å²) in [5.41, 5.74) is 1.41. The molecule has 19 heavy (non-hydrogen) atoms. The van der Waals surface area contributed by atoms with Crippen LogP contribution in [0.4, 0.5) is 0 Å². The topological polar surface area (TPSA) is 66.7 Å². The minimum absolute atomic E-state index is 0.0687. The first kappa shape index (κ1) is 14.2. The lowest BCUT2D eigenvalue weighted by molar-refractivity contribution is 0.00410. The quantitative estimate of drug-likeness (QED) is 0.787. The van der Waals surface area contributed by atoms with Gasteiger partial charge in [0.15, 0.2) is 0 Å². The molecule has 0 spiro atoms. The normalized spacial score (nSPS) is 16.7. The van der Waals surface area contributed by atoms with Crippen LogP contribution in [0.5, 0.6) is 0 Å². The molecule has 0 aliphatic carbocycles. The van der Waals surface area contributed by atoms with E-state index in [1.54, 1.807) is 6.92 Å². The summed E-state index contributed by atoms with van der Waals surface area (Å²) in [6, 6.07) is 5.65. The standard InChI is InChI=1S/C13H18N2O3S/c1-9(2)18-13(10(3)19(16)17)11-8-15-7-5-4-6-12(15)14-11/h4-10,13H,1-3H3,(H,16,17)/p-1/t10-,13+/m0/s1. The van der Waals surface area contributed by atoms with Gasteiger partial charge in [-0.3, -0.25) is 4.21 Å². The highest BCUT2D eigenvalue weighted by Crippen LogP contribution is 2.25. The van der Waals surface area contributed by atoms with Crippen LogP contribution in [0.1, 0.15) is 32.6 Å². The Morgan fingerprint density at radius 1 is 1.37 bits per heavy atom. The van der Waals surface area contributed by atoms with E-state index in [1.165, 1.54) is 0 Å². The molecular weight excluding hydrogens is 264 g/mol. The number of aromatic nitrogens is 2. The Bertz CT molecular complexity index is 549. The second kappa shape index (κ2) is 5.81. The fraction of sp³-hybridized carbons (Fsp3) is 0.462. The highest BCUT2D eigenvalue weighted by atomic mass is 32.2. The van der Waals surface area contributed by atoms with E-state index < -0.39 is 22.4 Å². The maximum Gasteiger partial charge on any atom is 0.137 e. The molecule has 2 aromatic heterocycles. The van der Waals surface area contributed by atoms with Gasteiger partial charge in [-0.15, -0.1) is 0 Å². The minimum atomic E-state index is -2.20. The van der Waals surface area contributed by atoms with Crippen molar-refractivity contribution in [3.05, 3.63) is 36.3 Å². The number of hydrogen-bond acceptors (Lipinski definition) is 4. The Morgan fingerprint density at radius 2 is 2.11 bits per heavy atom. The van der Waals surface area contributed by atoms with Crippen LogP contribution in [0.2, 0.25) is 0 Å². The van der Waals surface area contributed by atoms with Crippen molar-refractivity contribution in [2.75, 3.05) is 0 Å². The average molecular weight is 281 g/mol. The van der Waals surface area contributed by atoms with Crippen LogP contribution >= 0.6 is 0 Å². The molecule has 3 atom stereocenters.